The van der Waals surface area contributed by atoms with E-state index in [1.54, 1.807) is 0 Å². The van der Waals surface area contributed by atoms with Crippen LogP contribution in [-0.2, 0) is 9.53 Å². The van der Waals surface area contributed by atoms with Gasteiger partial charge in [0.05, 0.1) is 19.7 Å². The molecule has 0 bridgehead atoms. The van der Waals surface area contributed by atoms with Crippen LogP contribution < -0.4 is 0 Å². The van der Waals surface area contributed by atoms with Gasteiger partial charge in [-0.15, -0.1) is 0 Å². The molecule has 0 saturated carbocycles. The fraction of sp³-hybridized carbons (Fsp3) is 0.923. The number of carbonyl (C=O) groups excluding carboxylic acids is 1. The molecule has 2 aliphatic rings. The molecule has 0 radical (unpaired) electrons. The summed E-state index contributed by atoms with van der Waals surface area (Å²) in [6.45, 7) is 13.6. The highest BCUT2D eigenvalue weighted by Crippen LogP contribution is 2.29. The van der Waals surface area contributed by atoms with Crippen LogP contribution in [0.1, 0.15) is 34.1 Å². The second-order valence-corrected chi connectivity index (χ2v) is 4.50. The zero-order valence-corrected chi connectivity index (χ0v) is 11.7. The summed E-state index contributed by atoms with van der Waals surface area (Å²) in [6, 6.07) is 0. The number of likely N-dealkylation sites (tertiary alicyclic amines) is 1. The van der Waals surface area contributed by atoms with Crippen molar-refractivity contribution in [1.82, 2.24) is 9.80 Å². The molecule has 2 aliphatic heterocycles. The van der Waals surface area contributed by atoms with Crippen molar-refractivity contribution in [3.05, 3.63) is 0 Å². The number of ether oxygens (including phenoxy) is 1. The topological polar surface area (TPSA) is 32.8 Å². The van der Waals surface area contributed by atoms with Crippen LogP contribution in [0.3, 0.4) is 0 Å². The summed E-state index contributed by atoms with van der Waals surface area (Å²) in [5, 5.41) is 0. The van der Waals surface area contributed by atoms with Gasteiger partial charge in [-0.05, 0) is 6.54 Å². The molecular formula is C13H26N2O2. The predicted molar refractivity (Wildman–Crippen MR) is 69.0 cm³/mol. The van der Waals surface area contributed by atoms with E-state index in [0.717, 1.165) is 39.3 Å². The highest BCUT2D eigenvalue weighted by Gasteiger charge is 2.48. The van der Waals surface area contributed by atoms with E-state index in [1.807, 2.05) is 25.7 Å². The summed E-state index contributed by atoms with van der Waals surface area (Å²) in [6.07, 6.45) is 0.605. The van der Waals surface area contributed by atoms with E-state index in [-0.39, 0.29) is 11.5 Å². The molecule has 4 nitrogen and oxygen atoms in total. The number of rotatable bonds is 2. The molecule has 100 valence electrons. The Morgan fingerprint density at radius 2 is 1.88 bits per heavy atom. The summed E-state index contributed by atoms with van der Waals surface area (Å²) < 4.78 is 5.82. The lowest BCUT2D eigenvalue weighted by Crippen LogP contribution is -2.71. The minimum absolute atomic E-state index is 0.0426. The maximum Gasteiger partial charge on any atom is 0.222 e. The number of amides is 1. The first kappa shape index (κ1) is 14.5. The van der Waals surface area contributed by atoms with Gasteiger partial charge in [-0.3, -0.25) is 9.69 Å². The van der Waals surface area contributed by atoms with Crippen LogP contribution in [0.25, 0.3) is 0 Å². The minimum Gasteiger partial charge on any atom is -0.369 e. The summed E-state index contributed by atoms with van der Waals surface area (Å²) in [5.74, 6) is 0.248. The molecular weight excluding hydrogens is 216 g/mol. The third kappa shape index (κ3) is 3.19. The van der Waals surface area contributed by atoms with Crippen molar-refractivity contribution >= 4 is 5.91 Å². The molecule has 0 aliphatic carbocycles. The Kier molecular flexibility index (Phi) is 5.40. The summed E-state index contributed by atoms with van der Waals surface area (Å²) in [4.78, 5) is 15.7. The molecule has 0 aromatic carbocycles. The first-order valence-electron chi connectivity index (χ1n) is 6.83. The van der Waals surface area contributed by atoms with E-state index in [4.69, 9.17) is 4.74 Å². The molecule has 0 atom stereocenters. The van der Waals surface area contributed by atoms with Crippen molar-refractivity contribution in [3.8, 4) is 0 Å². The quantitative estimate of drug-likeness (QED) is 0.733. The van der Waals surface area contributed by atoms with E-state index in [9.17, 15) is 4.79 Å². The van der Waals surface area contributed by atoms with Gasteiger partial charge >= 0.3 is 0 Å². The maximum atomic E-state index is 11.4. The van der Waals surface area contributed by atoms with Gasteiger partial charge < -0.3 is 9.64 Å². The first-order valence-corrected chi connectivity index (χ1v) is 6.83. The van der Waals surface area contributed by atoms with Crippen molar-refractivity contribution in [1.29, 1.82) is 0 Å². The van der Waals surface area contributed by atoms with Crippen LogP contribution in [0.2, 0.25) is 0 Å². The van der Waals surface area contributed by atoms with Crippen molar-refractivity contribution in [3.63, 3.8) is 0 Å². The molecule has 2 rings (SSSR count). The molecule has 4 heteroatoms. The zero-order valence-electron chi connectivity index (χ0n) is 11.7. The molecule has 0 aromatic heterocycles. The Morgan fingerprint density at radius 3 is 2.41 bits per heavy atom. The predicted octanol–water partition coefficient (Wildman–Crippen LogP) is 1.36. The smallest absolute Gasteiger partial charge is 0.222 e. The highest BCUT2D eigenvalue weighted by atomic mass is 16.5. The summed E-state index contributed by atoms with van der Waals surface area (Å²) in [7, 11) is 0. The van der Waals surface area contributed by atoms with Crippen LogP contribution in [0.4, 0.5) is 0 Å². The molecule has 17 heavy (non-hydrogen) atoms. The zero-order chi connectivity index (χ0) is 12.9. The Balaban J connectivity index is 0.000000686. The summed E-state index contributed by atoms with van der Waals surface area (Å²) in [5.41, 5.74) is -0.0426. The van der Waals surface area contributed by atoms with Crippen LogP contribution in [0, 0.1) is 0 Å². The van der Waals surface area contributed by atoms with Crippen molar-refractivity contribution in [2.24, 2.45) is 0 Å². The number of hydrogen-bond acceptors (Lipinski definition) is 3. The number of nitrogens with zero attached hydrogens (tertiary/aromatic N) is 2. The standard InChI is InChI=1S/C11H20N2O2.C2H6/c1-3-10(14)13-8-11(9-13)7-12(4-2)5-6-15-11;1-2/h3-9H2,1-2H3;1-2H3. The van der Waals surface area contributed by atoms with Crippen molar-refractivity contribution in [2.75, 3.05) is 39.3 Å². The molecule has 0 N–H and O–H groups in total. The van der Waals surface area contributed by atoms with E-state index in [1.165, 1.54) is 0 Å². The highest BCUT2D eigenvalue weighted by molar-refractivity contribution is 5.77. The van der Waals surface area contributed by atoms with Gasteiger partial charge in [0.1, 0.15) is 5.60 Å². The van der Waals surface area contributed by atoms with Gasteiger partial charge in [0.25, 0.3) is 0 Å². The Labute approximate surface area is 105 Å². The Hall–Kier alpha value is -0.610. The van der Waals surface area contributed by atoms with Crippen LogP contribution in [0.15, 0.2) is 0 Å². The third-order valence-corrected chi connectivity index (χ3v) is 3.39. The molecule has 1 spiro atoms. The largest absolute Gasteiger partial charge is 0.369 e. The number of carbonyl (C=O) groups is 1. The van der Waals surface area contributed by atoms with E-state index in [0.29, 0.717) is 6.42 Å². The molecule has 0 aromatic rings. The van der Waals surface area contributed by atoms with Gasteiger partial charge in [0, 0.05) is 19.5 Å². The molecule has 1 amide bonds. The van der Waals surface area contributed by atoms with E-state index >= 15 is 0 Å². The van der Waals surface area contributed by atoms with Gasteiger partial charge in [0.15, 0.2) is 0 Å². The SMILES string of the molecule is CC.CCC(=O)N1CC2(CN(CC)CCO2)C1. The minimum atomic E-state index is -0.0426. The lowest BCUT2D eigenvalue weighted by molar-refractivity contribution is -0.190. The lowest BCUT2D eigenvalue weighted by Gasteiger charge is -2.53. The van der Waals surface area contributed by atoms with Gasteiger partial charge in [0.2, 0.25) is 5.91 Å². The normalized spacial score (nSPS) is 22.7. The third-order valence-electron chi connectivity index (χ3n) is 3.39. The van der Waals surface area contributed by atoms with E-state index in [2.05, 4.69) is 11.8 Å². The molecule has 2 fully saturated rings. The number of hydrogen-bond donors (Lipinski definition) is 0. The van der Waals surface area contributed by atoms with Gasteiger partial charge in [-0.1, -0.05) is 27.7 Å². The Bertz CT molecular complexity index is 250. The van der Waals surface area contributed by atoms with Crippen molar-refractivity contribution in [2.45, 2.75) is 39.7 Å². The number of morpholine rings is 1. The van der Waals surface area contributed by atoms with Gasteiger partial charge in [-0.25, -0.2) is 0 Å². The molecule has 0 unspecified atom stereocenters. The first-order chi connectivity index (χ1) is 8.19. The average molecular weight is 242 g/mol. The van der Waals surface area contributed by atoms with Crippen LogP contribution in [-0.4, -0.2) is 60.6 Å². The fourth-order valence-corrected chi connectivity index (χ4v) is 2.43. The fourth-order valence-electron chi connectivity index (χ4n) is 2.43. The maximum absolute atomic E-state index is 11.4. The van der Waals surface area contributed by atoms with Gasteiger partial charge in [-0.2, -0.15) is 0 Å². The average Bonchev–Trinajstić information content (AvgIpc) is 2.37. The van der Waals surface area contributed by atoms with Crippen LogP contribution in [0.5, 0.6) is 0 Å². The number of likely N-dealkylation sites (N-methyl/N-ethyl adjacent to an activating group) is 1. The Morgan fingerprint density at radius 1 is 1.24 bits per heavy atom. The second-order valence-electron chi connectivity index (χ2n) is 4.50. The van der Waals surface area contributed by atoms with Crippen LogP contribution >= 0.6 is 0 Å². The molecule has 2 heterocycles. The molecule has 2 saturated heterocycles. The monoisotopic (exact) mass is 242 g/mol. The lowest BCUT2D eigenvalue weighted by atomic mass is 9.91. The van der Waals surface area contributed by atoms with Crippen molar-refractivity contribution < 1.29 is 9.53 Å². The van der Waals surface area contributed by atoms with E-state index < -0.39 is 0 Å². The summed E-state index contributed by atoms with van der Waals surface area (Å²) >= 11 is 0. The second kappa shape index (κ2) is 6.36.